The van der Waals surface area contributed by atoms with Crippen LogP contribution >= 0.6 is 0 Å². The minimum atomic E-state index is -0.530. The molecule has 0 heterocycles. The molecule has 108 valence electrons. The first-order chi connectivity index (χ1) is 10.1. The number of carbonyl (C=O) groups excluding carboxylic acids is 1. The molecule has 0 aliphatic rings. The van der Waals surface area contributed by atoms with Gasteiger partial charge in [-0.25, -0.2) is 9.69 Å². The number of benzene rings is 2. The lowest BCUT2D eigenvalue weighted by Crippen LogP contribution is -2.26. The van der Waals surface area contributed by atoms with E-state index in [1.807, 2.05) is 6.07 Å². The Bertz CT molecular complexity index is 626. The Morgan fingerprint density at radius 2 is 1.67 bits per heavy atom. The fourth-order valence-corrected chi connectivity index (χ4v) is 1.85. The SMILES string of the molecule is CCOC(=O)N(c1ccccc1)c1ccc([N+](=O)[O-])cc1. The average Bonchev–Trinajstić information content (AvgIpc) is 2.49. The highest BCUT2D eigenvalue weighted by atomic mass is 16.6. The maximum atomic E-state index is 12.1. The Labute approximate surface area is 121 Å². The number of ether oxygens (including phenoxy) is 1. The molecule has 0 fully saturated rings. The molecule has 2 aromatic carbocycles. The van der Waals surface area contributed by atoms with Gasteiger partial charge in [0.2, 0.25) is 0 Å². The Balaban J connectivity index is 2.40. The number of para-hydroxylation sites is 1. The summed E-state index contributed by atoms with van der Waals surface area (Å²) in [7, 11) is 0. The molecule has 2 aromatic rings. The lowest BCUT2D eigenvalue weighted by molar-refractivity contribution is -0.384. The molecule has 21 heavy (non-hydrogen) atoms. The quantitative estimate of drug-likeness (QED) is 0.631. The zero-order chi connectivity index (χ0) is 15.2. The molecule has 0 saturated carbocycles. The van der Waals surface area contributed by atoms with Crippen molar-refractivity contribution in [2.45, 2.75) is 6.92 Å². The van der Waals surface area contributed by atoms with Crippen LogP contribution in [0.5, 0.6) is 0 Å². The van der Waals surface area contributed by atoms with Crippen LogP contribution in [0.3, 0.4) is 0 Å². The second-order valence-corrected chi connectivity index (χ2v) is 4.14. The van der Waals surface area contributed by atoms with Crippen LogP contribution in [0.25, 0.3) is 0 Å². The molecule has 0 bridgehead atoms. The number of nitro benzene ring substituents is 1. The van der Waals surface area contributed by atoms with Crippen LogP contribution in [-0.4, -0.2) is 17.6 Å². The van der Waals surface area contributed by atoms with Crippen molar-refractivity contribution in [3.8, 4) is 0 Å². The largest absolute Gasteiger partial charge is 0.449 e. The molecule has 6 heteroatoms. The molecule has 0 atom stereocenters. The molecule has 0 unspecified atom stereocenters. The Morgan fingerprint density at radius 3 is 2.19 bits per heavy atom. The van der Waals surface area contributed by atoms with Crippen LogP contribution < -0.4 is 4.90 Å². The smallest absolute Gasteiger partial charge is 0.418 e. The highest BCUT2D eigenvalue weighted by molar-refractivity contribution is 5.96. The maximum Gasteiger partial charge on any atom is 0.418 e. The standard InChI is InChI=1S/C15H14N2O4/c1-2-21-15(18)16(12-6-4-3-5-7-12)13-8-10-14(11-9-13)17(19)20/h3-11H,2H2,1H3. The predicted octanol–water partition coefficient (Wildman–Crippen LogP) is 3.89. The van der Waals surface area contributed by atoms with E-state index in [0.29, 0.717) is 11.4 Å². The number of nitro groups is 1. The summed E-state index contributed by atoms with van der Waals surface area (Å²) < 4.78 is 5.04. The second-order valence-electron chi connectivity index (χ2n) is 4.14. The fraction of sp³-hybridized carbons (Fsp3) is 0.133. The monoisotopic (exact) mass is 286 g/mol. The molecule has 0 aromatic heterocycles. The molecular formula is C15H14N2O4. The van der Waals surface area contributed by atoms with Gasteiger partial charge in [0.15, 0.2) is 0 Å². The van der Waals surface area contributed by atoms with Gasteiger partial charge in [0.05, 0.1) is 22.9 Å². The van der Waals surface area contributed by atoms with Gasteiger partial charge in [-0.15, -0.1) is 0 Å². The highest BCUT2D eigenvalue weighted by Gasteiger charge is 2.19. The third-order valence-corrected chi connectivity index (χ3v) is 2.78. The Hall–Kier alpha value is -2.89. The first-order valence-corrected chi connectivity index (χ1v) is 6.40. The van der Waals surface area contributed by atoms with E-state index < -0.39 is 11.0 Å². The second kappa shape index (κ2) is 6.51. The molecule has 0 aliphatic heterocycles. The summed E-state index contributed by atoms with van der Waals surface area (Å²) in [5.74, 6) is 0. The van der Waals surface area contributed by atoms with E-state index in [1.54, 1.807) is 31.2 Å². The number of rotatable bonds is 4. The van der Waals surface area contributed by atoms with Gasteiger partial charge in [-0.05, 0) is 31.2 Å². The van der Waals surface area contributed by atoms with E-state index >= 15 is 0 Å². The van der Waals surface area contributed by atoms with Crippen LogP contribution in [0, 0.1) is 10.1 Å². The van der Waals surface area contributed by atoms with Crippen LogP contribution in [0.1, 0.15) is 6.92 Å². The zero-order valence-electron chi connectivity index (χ0n) is 11.4. The third kappa shape index (κ3) is 3.36. The van der Waals surface area contributed by atoms with Crippen LogP contribution in [-0.2, 0) is 4.74 Å². The number of hydrogen-bond acceptors (Lipinski definition) is 4. The van der Waals surface area contributed by atoms with E-state index in [-0.39, 0.29) is 12.3 Å². The summed E-state index contributed by atoms with van der Waals surface area (Å²) in [5.41, 5.74) is 1.10. The summed E-state index contributed by atoms with van der Waals surface area (Å²) in [4.78, 5) is 23.7. The van der Waals surface area contributed by atoms with Crippen LogP contribution in [0.2, 0.25) is 0 Å². The van der Waals surface area contributed by atoms with Gasteiger partial charge >= 0.3 is 6.09 Å². The van der Waals surface area contributed by atoms with Gasteiger partial charge in [0.25, 0.3) is 5.69 Å². The summed E-state index contributed by atoms with van der Waals surface area (Å²) in [6.45, 7) is 1.96. The maximum absolute atomic E-state index is 12.1. The number of nitrogens with zero attached hydrogens (tertiary/aromatic N) is 2. The highest BCUT2D eigenvalue weighted by Crippen LogP contribution is 2.27. The van der Waals surface area contributed by atoms with Crippen molar-refractivity contribution in [3.63, 3.8) is 0 Å². The van der Waals surface area contributed by atoms with E-state index in [2.05, 4.69) is 0 Å². The first-order valence-electron chi connectivity index (χ1n) is 6.40. The van der Waals surface area contributed by atoms with Gasteiger partial charge in [-0.3, -0.25) is 10.1 Å². The molecule has 6 nitrogen and oxygen atoms in total. The van der Waals surface area contributed by atoms with Crippen molar-refractivity contribution in [1.82, 2.24) is 0 Å². The molecule has 0 aliphatic carbocycles. The molecule has 1 amide bonds. The zero-order valence-corrected chi connectivity index (χ0v) is 11.4. The van der Waals surface area contributed by atoms with E-state index in [1.165, 1.54) is 29.2 Å². The number of anilines is 2. The number of amides is 1. The number of non-ortho nitro benzene ring substituents is 1. The summed E-state index contributed by atoms with van der Waals surface area (Å²) >= 11 is 0. The minimum absolute atomic E-state index is 0.0318. The van der Waals surface area contributed by atoms with Crippen LogP contribution in [0.4, 0.5) is 21.9 Å². The Kier molecular flexibility index (Phi) is 4.50. The summed E-state index contributed by atoms with van der Waals surface area (Å²) in [6.07, 6.45) is -0.530. The van der Waals surface area contributed by atoms with Crippen molar-refractivity contribution in [2.75, 3.05) is 11.5 Å². The van der Waals surface area contributed by atoms with Crippen molar-refractivity contribution in [3.05, 3.63) is 64.7 Å². The van der Waals surface area contributed by atoms with Gasteiger partial charge in [-0.2, -0.15) is 0 Å². The molecule has 2 rings (SSSR count). The third-order valence-electron chi connectivity index (χ3n) is 2.78. The van der Waals surface area contributed by atoms with Crippen molar-refractivity contribution >= 4 is 23.2 Å². The first kappa shape index (κ1) is 14.5. The summed E-state index contributed by atoms with van der Waals surface area (Å²) in [5, 5.41) is 10.7. The molecule has 0 spiro atoms. The number of carbonyl (C=O) groups is 1. The molecule has 0 N–H and O–H groups in total. The van der Waals surface area contributed by atoms with Crippen LogP contribution in [0.15, 0.2) is 54.6 Å². The number of hydrogen-bond donors (Lipinski definition) is 0. The summed E-state index contributed by atoms with van der Waals surface area (Å²) in [6, 6.07) is 14.7. The average molecular weight is 286 g/mol. The van der Waals surface area contributed by atoms with E-state index in [9.17, 15) is 14.9 Å². The van der Waals surface area contributed by atoms with Crippen molar-refractivity contribution in [2.24, 2.45) is 0 Å². The lowest BCUT2D eigenvalue weighted by Gasteiger charge is -2.21. The molecule has 0 radical (unpaired) electrons. The van der Waals surface area contributed by atoms with E-state index in [4.69, 9.17) is 4.74 Å². The molecular weight excluding hydrogens is 272 g/mol. The van der Waals surface area contributed by atoms with Gasteiger partial charge in [-0.1, -0.05) is 18.2 Å². The van der Waals surface area contributed by atoms with E-state index in [0.717, 1.165) is 0 Å². The fourth-order valence-electron chi connectivity index (χ4n) is 1.85. The van der Waals surface area contributed by atoms with Gasteiger partial charge in [0, 0.05) is 12.1 Å². The normalized spacial score (nSPS) is 9.95. The van der Waals surface area contributed by atoms with Crippen molar-refractivity contribution < 1.29 is 14.5 Å². The topological polar surface area (TPSA) is 72.7 Å². The van der Waals surface area contributed by atoms with Gasteiger partial charge < -0.3 is 4.74 Å². The predicted molar refractivity (Wildman–Crippen MR) is 78.7 cm³/mol. The van der Waals surface area contributed by atoms with Gasteiger partial charge in [0.1, 0.15) is 0 Å². The minimum Gasteiger partial charge on any atom is -0.449 e. The molecule has 0 saturated heterocycles. The lowest BCUT2D eigenvalue weighted by atomic mass is 10.2. The van der Waals surface area contributed by atoms with Crippen molar-refractivity contribution in [1.29, 1.82) is 0 Å². The Morgan fingerprint density at radius 1 is 1.10 bits per heavy atom.